The summed E-state index contributed by atoms with van der Waals surface area (Å²) in [7, 11) is 1.92. The fraction of sp³-hybridized carbons (Fsp3) is 0.531. The van der Waals surface area contributed by atoms with E-state index in [1.54, 1.807) is 6.07 Å². The quantitative estimate of drug-likeness (QED) is 0.147. The Hall–Kier alpha value is -4.42. The van der Waals surface area contributed by atoms with Gasteiger partial charge in [-0.2, -0.15) is 4.98 Å². The Balaban J connectivity index is 0.000000537. The van der Waals surface area contributed by atoms with Crippen LogP contribution >= 0.6 is 11.6 Å². The van der Waals surface area contributed by atoms with E-state index in [1.807, 2.05) is 25.2 Å². The second-order valence-corrected chi connectivity index (χ2v) is 19.4. The van der Waals surface area contributed by atoms with E-state index >= 15 is 0 Å². The molecule has 6 heterocycles. The Morgan fingerprint density at radius 3 is 2.31 bits per heavy atom. The van der Waals surface area contributed by atoms with Gasteiger partial charge in [-0.25, -0.2) is 0 Å². The van der Waals surface area contributed by atoms with Crippen LogP contribution in [-0.2, 0) is 27.0 Å². The molecule has 2 amide bonds. The summed E-state index contributed by atoms with van der Waals surface area (Å²) in [4.78, 5) is 55.6. The van der Waals surface area contributed by atoms with Crippen molar-refractivity contribution >= 4 is 40.6 Å². The highest BCUT2D eigenvalue weighted by Gasteiger charge is 2.45. The standard InChI is InChI=1S/C44H52ClN5O3.C5H7NO2/c1-43(2)34-13-9-30(23-38(34)50-37-6-4-5-36(45)39(37)41(52)47-42(43)50)29-15-19-49(20-16-29)32-11-7-28(8-12-32)25-48-21-17-44(18-22-48)27-53-40-33(24-46-3)31(26-51)10-14-35(40)44;7-4-2-1-3-5(8)6-4/h4-6,9-10,13-14,23,26,28-29,32,46H,7-8,11-12,15-22,24-25,27H2,1-3H3;1-3H2,(H,6,7,8). The van der Waals surface area contributed by atoms with Crippen molar-refractivity contribution in [2.45, 2.75) is 114 Å². The monoisotopic (exact) mass is 846 g/mol. The van der Waals surface area contributed by atoms with Gasteiger partial charge in [0.25, 0.3) is 5.56 Å². The smallest absolute Gasteiger partial charge is 0.282 e. The number of hydrogen-bond acceptors (Lipinski definition) is 9. The maximum absolute atomic E-state index is 13.1. The molecule has 0 atom stereocenters. The van der Waals surface area contributed by atoms with Crippen LogP contribution in [0.15, 0.2) is 53.3 Å². The number of nitrogens with zero attached hydrogens (tertiary/aromatic N) is 4. The third-order valence-electron chi connectivity index (χ3n) is 15.0. The average Bonchev–Trinajstić information content (AvgIpc) is 3.73. The van der Waals surface area contributed by atoms with E-state index < -0.39 is 0 Å². The Kier molecular flexibility index (Phi) is 11.7. The number of rotatable bonds is 7. The van der Waals surface area contributed by atoms with Gasteiger partial charge in [0, 0.05) is 54.1 Å². The first-order chi connectivity index (χ1) is 29.5. The summed E-state index contributed by atoms with van der Waals surface area (Å²) in [6.45, 7) is 11.5. The summed E-state index contributed by atoms with van der Waals surface area (Å²) >= 11 is 6.53. The lowest BCUT2D eigenvalue weighted by Crippen LogP contribution is -2.46. The first-order valence-corrected chi connectivity index (χ1v) is 22.9. The lowest BCUT2D eigenvalue weighted by atomic mass is 9.73. The molecule has 3 aromatic carbocycles. The maximum Gasteiger partial charge on any atom is 0.282 e. The minimum absolute atomic E-state index is 0.0841. The van der Waals surface area contributed by atoms with Crippen LogP contribution in [0.5, 0.6) is 5.75 Å². The number of fused-ring (bicyclic) bond motifs is 7. The van der Waals surface area contributed by atoms with Crippen LogP contribution in [0.3, 0.4) is 0 Å². The number of carbonyl (C=O) groups is 3. The van der Waals surface area contributed by atoms with Crippen LogP contribution in [-0.4, -0.2) is 89.9 Å². The van der Waals surface area contributed by atoms with Crippen LogP contribution < -0.4 is 20.9 Å². The number of nitrogens with one attached hydrogen (secondary N) is 2. The second-order valence-electron chi connectivity index (χ2n) is 18.9. The maximum atomic E-state index is 13.1. The van der Waals surface area contributed by atoms with Crippen LogP contribution in [0.2, 0.25) is 5.02 Å². The lowest BCUT2D eigenvalue weighted by Gasteiger charge is -2.43. The zero-order valence-electron chi connectivity index (χ0n) is 35.9. The molecule has 11 nitrogen and oxygen atoms in total. The van der Waals surface area contributed by atoms with Crippen molar-refractivity contribution < 1.29 is 19.1 Å². The van der Waals surface area contributed by atoms with E-state index in [2.05, 4.69) is 68.1 Å². The van der Waals surface area contributed by atoms with Crippen molar-refractivity contribution in [1.82, 2.24) is 30.0 Å². The van der Waals surface area contributed by atoms with Gasteiger partial charge in [-0.15, -0.1) is 0 Å². The summed E-state index contributed by atoms with van der Waals surface area (Å²) in [5.74, 6) is 2.79. The Labute approximate surface area is 363 Å². The molecular weight excluding hydrogens is 788 g/mol. The number of piperidine rings is 3. The van der Waals surface area contributed by atoms with Crippen molar-refractivity contribution in [3.63, 3.8) is 0 Å². The van der Waals surface area contributed by atoms with Crippen LogP contribution in [0.25, 0.3) is 16.6 Å². The Morgan fingerprint density at radius 1 is 0.918 bits per heavy atom. The molecule has 5 aliphatic heterocycles. The van der Waals surface area contributed by atoms with E-state index in [-0.39, 0.29) is 28.2 Å². The minimum Gasteiger partial charge on any atom is -0.492 e. The zero-order valence-corrected chi connectivity index (χ0v) is 36.6. The summed E-state index contributed by atoms with van der Waals surface area (Å²) in [6, 6.07) is 17.6. The molecule has 4 fully saturated rings. The number of hydrogen-bond donors (Lipinski definition) is 2. The van der Waals surface area contributed by atoms with E-state index in [0.717, 1.165) is 91.7 Å². The van der Waals surface area contributed by atoms with Crippen molar-refractivity contribution in [1.29, 1.82) is 0 Å². The number of aromatic nitrogens is 2. The van der Waals surface area contributed by atoms with Gasteiger partial charge in [-0.3, -0.25) is 29.1 Å². The summed E-state index contributed by atoms with van der Waals surface area (Å²) < 4.78 is 8.51. The first-order valence-electron chi connectivity index (χ1n) is 22.5. The van der Waals surface area contributed by atoms with Crippen molar-refractivity contribution in [2.75, 3.05) is 46.4 Å². The lowest BCUT2D eigenvalue weighted by molar-refractivity contribution is -0.132. The molecule has 2 N–H and O–H groups in total. The highest BCUT2D eigenvalue weighted by Crippen LogP contribution is 2.48. The molecule has 1 aliphatic carbocycles. The highest BCUT2D eigenvalue weighted by molar-refractivity contribution is 6.35. The third-order valence-corrected chi connectivity index (χ3v) is 15.3. The van der Waals surface area contributed by atoms with Crippen molar-refractivity contribution in [3.8, 4) is 11.4 Å². The molecular formula is C49H59ClN6O5. The normalized spacial score (nSPS) is 23.4. The zero-order chi connectivity index (χ0) is 42.5. The highest BCUT2D eigenvalue weighted by atomic mass is 35.5. The first kappa shape index (κ1) is 41.9. The molecule has 0 radical (unpaired) electrons. The molecule has 61 heavy (non-hydrogen) atoms. The van der Waals surface area contributed by atoms with Gasteiger partial charge >= 0.3 is 0 Å². The molecule has 322 valence electrons. The second kappa shape index (κ2) is 17.0. The minimum atomic E-state index is -0.362. The largest absolute Gasteiger partial charge is 0.492 e. The van der Waals surface area contributed by atoms with Gasteiger partial charge in [0.05, 0.1) is 33.6 Å². The number of benzene rings is 3. The summed E-state index contributed by atoms with van der Waals surface area (Å²) in [5.41, 5.74) is 7.12. The van der Waals surface area contributed by atoms with E-state index in [4.69, 9.17) is 16.3 Å². The molecule has 1 aromatic heterocycles. The topological polar surface area (TPSA) is 126 Å². The molecule has 10 rings (SSSR count). The van der Waals surface area contributed by atoms with Gasteiger partial charge in [0.2, 0.25) is 11.8 Å². The van der Waals surface area contributed by atoms with Crippen LogP contribution in [0.1, 0.15) is 129 Å². The van der Waals surface area contributed by atoms with Crippen LogP contribution in [0.4, 0.5) is 0 Å². The number of carbonyl (C=O) groups excluding carboxylic acids is 3. The molecule has 4 aromatic rings. The number of halogens is 1. The number of imide groups is 1. The molecule has 1 saturated carbocycles. The van der Waals surface area contributed by atoms with E-state index in [0.29, 0.717) is 48.2 Å². The van der Waals surface area contributed by atoms with Gasteiger partial charge in [-0.1, -0.05) is 41.9 Å². The van der Waals surface area contributed by atoms with Crippen molar-refractivity contribution in [3.05, 3.63) is 97.5 Å². The van der Waals surface area contributed by atoms with Gasteiger partial charge < -0.3 is 19.9 Å². The van der Waals surface area contributed by atoms with E-state index in [1.165, 1.54) is 61.8 Å². The van der Waals surface area contributed by atoms with Gasteiger partial charge in [0.1, 0.15) is 11.6 Å². The van der Waals surface area contributed by atoms with E-state index in [9.17, 15) is 19.2 Å². The Bertz CT molecular complexity index is 2390. The predicted octanol–water partition coefficient (Wildman–Crippen LogP) is 7.19. The van der Waals surface area contributed by atoms with Gasteiger partial charge in [-0.05, 0) is 146 Å². The number of likely N-dealkylation sites (tertiary alicyclic amines) is 2. The average molecular weight is 848 g/mol. The molecule has 3 saturated heterocycles. The predicted molar refractivity (Wildman–Crippen MR) is 238 cm³/mol. The number of amides is 2. The SMILES string of the molecule is CNCc1c(C=O)ccc2c1OCC21CCN(CC2CCC(N3CCC(c4ccc5c(c4)-n4c(nc(=O)c6c(Cl)cccc64)C5(C)C)CC3)CC2)CC1.O=C1CCCC(=O)N1. The number of ether oxygens (including phenoxy) is 1. The van der Waals surface area contributed by atoms with Crippen LogP contribution in [0, 0.1) is 5.92 Å². The fourth-order valence-corrected chi connectivity index (χ4v) is 11.7. The van der Waals surface area contributed by atoms with Crippen molar-refractivity contribution in [2.24, 2.45) is 5.92 Å². The Morgan fingerprint density at radius 2 is 1.64 bits per heavy atom. The third kappa shape index (κ3) is 7.85. The summed E-state index contributed by atoms with van der Waals surface area (Å²) in [5, 5.41) is 6.38. The molecule has 6 aliphatic rings. The molecule has 0 bridgehead atoms. The molecule has 1 spiro atoms. The fourth-order valence-electron chi connectivity index (χ4n) is 11.4. The van der Waals surface area contributed by atoms with Gasteiger partial charge in [0.15, 0.2) is 6.29 Å². The molecule has 0 unspecified atom stereocenters. The molecule has 12 heteroatoms. The summed E-state index contributed by atoms with van der Waals surface area (Å²) in [6.07, 6.45) is 12.6. The number of aldehydes is 1.